The van der Waals surface area contributed by atoms with Gasteiger partial charge in [-0.15, -0.1) is 11.3 Å². The topological polar surface area (TPSA) is 61.9 Å². The molecule has 4 aromatic rings. The van der Waals surface area contributed by atoms with Crippen molar-refractivity contribution in [1.29, 1.82) is 0 Å². The van der Waals surface area contributed by atoms with Gasteiger partial charge >= 0.3 is 0 Å². The van der Waals surface area contributed by atoms with E-state index in [4.69, 9.17) is 16.6 Å². The first-order chi connectivity index (χ1) is 14.9. The lowest BCUT2D eigenvalue weighted by atomic mass is 10.1. The molecule has 0 aliphatic carbocycles. The van der Waals surface area contributed by atoms with E-state index in [1.54, 1.807) is 0 Å². The Balaban J connectivity index is 1.54. The highest BCUT2D eigenvalue weighted by Crippen LogP contribution is 2.38. The largest absolute Gasteiger partial charge is 0.340 e. The number of hydrogen-bond donors (Lipinski definition) is 1. The Morgan fingerprint density at radius 1 is 1.19 bits per heavy atom. The number of imidazole rings is 1. The summed E-state index contributed by atoms with van der Waals surface area (Å²) >= 11 is 7.57. The van der Waals surface area contributed by atoms with Crippen molar-refractivity contribution in [3.8, 4) is 10.4 Å². The van der Waals surface area contributed by atoms with Crippen LogP contribution in [-0.4, -0.2) is 32.3 Å². The van der Waals surface area contributed by atoms with Gasteiger partial charge < -0.3 is 9.88 Å². The molecule has 1 atom stereocenters. The lowest BCUT2D eigenvalue weighted by Crippen LogP contribution is -2.31. The van der Waals surface area contributed by atoms with Gasteiger partial charge in [0.05, 0.1) is 27.0 Å². The third-order valence-electron chi connectivity index (χ3n) is 5.62. The Bertz CT molecular complexity index is 1320. The van der Waals surface area contributed by atoms with E-state index in [1.165, 1.54) is 11.3 Å². The number of amides is 1. The van der Waals surface area contributed by atoms with Crippen LogP contribution in [0.25, 0.3) is 21.5 Å². The molecule has 1 aliphatic rings. The fourth-order valence-corrected chi connectivity index (χ4v) is 5.16. The SMILES string of the molecule is C=C1CC(c2nc3cccc(C)c3[nH]2)N(C(=O)c2nc(C)sc2-c2ccc(Cl)cc2)C1. The number of fused-ring (bicyclic) bond motifs is 1. The first kappa shape index (κ1) is 20.0. The van der Waals surface area contributed by atoms with Crippen LogP contribution >= 0.6 is 22.9 Å². The van der Waals surface area contributed by atoms with E-state index in [-0.39, 0.29) is 11.9 Å². The minimum absolute atomic E-state index is 0.102. The molecule has 2 aromatic carbocycles. The fourth-order valence-electron chi connectivity index (χ4n) is 4.11. The third kappa shape index (κ3) is 3.56. The number of halogens is 1. The highest BCUT2D eigenvalue weighted by atomic mass is 35.5. The normalized spacial score (nSPS) is 16.4. The molecule has 3 heterocycles. The number of rotatable bonds is 3. The second kappa shape index (κ2) is 7.62. The van der Waals surface area contributed by atoms with Crippen molar-refractivity contribution in [2.24, 2.45) is 0 Å². The summed E-state index contributed by atoms with van der Waals surface area (Å²) in [6.07, 6.45) is 0.685. The average Bonchev–Trinajstić information content (AvgIpc) is 3.45. The zero-order valence-electron chi connectivity index (χ0n) is 17.3. The number of nitrogens with zero attached hydrogens (tertiary/aromatic N) is 3. The number of likely N-dealkylation sites (tertiary alicyclic amines) is 1. The highest BCUT2D eigenvalue weighted by molar-refractivity contribution is 7.15. The number of aryl methyl sites for hydroxylation is 2. The number of aromatic nitrogens is 3. The van der Waals surface area contributed by atoms with Crippen LogP contribution in [-0.2, 0) is 0 Å². The lowest BCUT2D eigenvalue weighted by Gasteiger charge is -2.22. The average molecular weight is 449 g/mol. The maximum absolute atomic E-state index is 13.7. The summed E-state index contributed by atoms with van der Waals surface area (Å²) < 4.78 is 0. The monoisotopic (exact) mass is 448 g/mol. The predicted octanol–water partition coefficient (Wildman–Crippen LogP) is 6.10. The minimum Gasteiger partial charge on any atom is -0.340 e. The first-order valence-corrected chi connectivity index (χ1v) is 11.3. The van der Waals surface area contributed by atoms with Gasteiger partial charge in [0.1, 0.15) is 11.5 Å². The lowest BCUT2D eigenvalue weighted by molar-refractivity contribution is 0.0728. The van der Waals surface area contributed by atoms with Crippen LogP contribution in [0.15, 0.2) is 54.6 Å². The zero-order valence-corrected chi connectivity index (χ0v) is 18.8. The molecule has 0 radical (unpaired) electrons. The second-order valence-corrected chi connectivity index (χ2v) is 9.55. The predicted molar refractivity (Wildman–Crippen MR) is 126 cm³/mol. The van der Waals surface area contributed by atoms with Crippen molar-refractivity contribution in [3.05, 3.63) is 81.7 Å². The van der Waals surface area contributed by atoms with Crippen LogP contribution in [0.2, 0.25) is 5.02 Å². The van der Waals surface area contributed by atoms with Crippen LogP contribution in [0.4, 0.5) is 0 Å². The number of nitrogens with one attached hydrogen (secondary N) is 1. The van der Waals surface area contributed by atoms with Crippen LogP contribution in [0.1, 0.15) is 39.3 Å². The number of para-hydroxylation sites is 1. The number of thiazole rings is 1. The molecule has 1 amide bonds. The first-order valence-electron chi connectivity index (χ1n) is 10.1. The zero-order chi connectivity index (χ0) is 21.7. The van der Waals surface area contributed by atoms with Gasteiger partial charge in [-0.25, -0.2) is 9.97 Å². The molecule has 2 aromatic heterocycles. The Hall–Kier alpha value is -2.96. The van der Waals surface area contributed by atoms with Crippen molar-refractivity contribution >= 4 is 39.9 Å². The number of carbonyl (C=O) groups is 1. The van der Waals surface area contributed by atoms with Crippen LogP contribution in [0.3, 0.4) is 0 Å². The Morgan fingerprint density at radius 3 is 2.71 bits per heavy atom. The van der Waals surface area contributed by atoms with Gasteiger partial charge in [0.15, 0.2) is 0 Å². The van der Waals surface area contributed by atoms with Gasteiger partial charge in [-0.3, -0.25) is 4.79 Å². The fraction of sp³-hybridized carbons (Fsp3) is 0.208. The molecule has 31 heavy (non-hydrogen) atoms. The summed E-state index contributed by atoms with van der Waals surface area (Å²) in [5.41, 5.74) is 5.46. The summed E-state index contributed by atoms with van der Waals surface area (Å²) in [4.78, 5) is 29.2. The van der Waals surface area contributed by atoms with Gasteiger partial charge in [-0.2, -0.15) is 0 Å². The Morgan fingerprint density at radius 2 is 1.97 bits per heavy atom. The smallest absolute Gasteiger partial charge is 0.274 e. The van der Waals surface area contributed by atoms with Gasteiger partial charge in [0.25, 0.3) is 5.91 Å². The Labute approximate surface area is 189 Å². The highest BCUT2D eigenvalue weighted by Gasteiger charge is 2.36. The molecule has 1 saturated heterocycles. The van der Waals surface area contributed by atoms with E-state index in [1.807, 2.05) is 48.2 Å². The molecule has 156 valence electrons. The Kier molecular flexibility index (Phi) is 4.91. The van der Waals surface area contributed by atoms with Crippen LogP contribution < -0.4 is 0 Å². The van der Waals surface area contributed by atoms with Gasteiger partial charge in [0.2, 0.25) is 0 Å². The standard InChI is InChI=1S/C24H21ClN4OS/c1-13-11-19(23-27-18-6-4-5-14(2)20(18)28-23)29(12-13)24(30)21-22(31-15(3)26-21)16-7-9-17(25)10-8-16/h4-10,19H,1,11-12H2,2-3H3,(H,27,28). The number of H-pyrrole nitrogens is 1. The van der Waals surface area contributed by atoms with E-state index >= 15 is 0 Å². The summed E-state index contributed by atoms with van der Waals surface area (Å²) in [5.74, 6) is 0.687. The van der Waals surface area contributed by atoms with Crippen molar-refractivity contribution < 1.29 is 4.79 Å². The summed E-state index contributed by atoms with van der Waals surface area (Å²) in [6, 6.07) is 13.4. The molecule has 7 heteroatoms. The summed E-state index contributed by atoms with van der Waals surface area (Å²) in [5, 5.41) is 1.51. The van der Waals surface area contributed by atoms with E-state index < -0.39 is 0 Å². The van der Waals surface area contributed by atoms with Crippen molar-refractivity contribution in [1.82, 2.24) is 19.9 Å². The molecule has 1 unspecified atom stereocenters. The van der Waals surface area contributed by atoms with Gasteiger partial charge in [0, 0.05) is 11.6 Å². The molecule has 0 saturated carbocycles. The third-order valence-corrected chi connectivity index (χ3v) is 6.89. The molecule has 5 rings (SSSR count). The maximum atomic E-state index is 13.7. The van der Waals surface area contributed by atoms with Gasteiger partial charge in [-0.05, 0) is 49.6 Å². The minimum atomic E-state index is -0.188. The molecule has 0 spiro atoms. The van der Waals surface area contributed by atoms with E-state index in [2.05, 4.69) is 29.5 Å². The van der Waals surface area contributed by atoms with E-state index in [9.17, 15) is 4.79 Å². The van der Waals surface area contributed by atoms with Crippen LogP contribution in [0.5, 0.6) is 0 Å². The quantitative estimate of drug-likeness (QED) is 0.385. The number of hydrogen-bond acceptors (Lipinski definition) is 4. The molecular formula is C24H21ClN4OS. The van der Waals surface area contributed by atoms with Crippen molar-refractivity contribution in [2.45, 2.75) is 26.3 Å². The number of carbonyl (C=O) groups excluding carboxylic acids is 1. The van der Waals surface area contributed by atoms with Crippen molar-refractivity contribution in [2.75, 3.05) is 6.54 Å². The molecular weight excluding hydrogens is 428 g/mol. The molecule has 1 aliphatic heterocycles. The molecule has 5 nitrogen and oxygen atoms in total. The second-order valence-electron chi connectivity index (χ2n) is 7.91. The molecule has 0 bridgehead atoms. The number of aromatic amines is 1. The van der Waals surface area contributed by atoms with Crippen LogP contribution in [0, 0.1) is 13.8 Å². The van der Waals surface area contributed by atoms with Gasteiger partial charge in [-0.1, -0.05) is 48.0 Å². The number of benzene rings is 2. The molecule has 1 fully saturated rings. The van der Waals surface area contributed by atoms with E-state index in [0.717, 1.165) is 43.4 Å². The van der Waals surface area contributed by atoms with Crippen molar-refractivity contribution in [3.63, 3.8) is 0 Å². The maximum Gasteiger partial charge on any atom is 0.274 e. The summed E-state index contributed by atoms with van der Waals surface area (Å²) in [7, 11) is 0. The molecule has 1 N–H and O–H groups in total. The summed E-state index contributed by atoms with van der Waals surface area (Å²) in [6.45, 7) is 8.62. The van der Waals surface area contributed by atoms with E-state index in [0.29, 0.717) is 23.7 Å².